The fraction of sp³-hybridized carbons (Fsp3) is 0.300. The van der Waals surface area contributed by atoms with Gasteiger partial charge >= 0.3 is 0 Å². The second-order valence-corrected chi connectivity index (χ2v) is 5.13. The molecule has 0 aliphatic heterocycles. The Morgan fingerprint density at radius 3 is 2.92 bits per heavy atom. The van der Waals surface area contributed by atoms with Gasteiger partial charge in [0.1, 0.15) is 5.01 Å². The monoisotopic (exact) mass is 207 g/mol. The molecule has 3 rings (SSSR count). The second kappa shape index (κ2) is 2.93. The van der Waals surface area contributed by atoms with Crippen LogP contribution in [0.3, 0.4) is 0 Å². The van der Waals surface area contributed by atoms with Crippen molar-refractivity contribution in [1.82, 2.24) is 4.98 Å². The van der Waals surface area contributed by atoms with E-state index in [2.05, 4.69) is 27.9 Å². The summed E-state index contributed by atoms with van der Waals surface area (Å²) in [6, 6.07) is 4.22. The summed E-state index contributed by atoms with van der Waals surface area (Å²) in [4.78, 5) is 5.95. The maximum absolute atomic E-state index is 4.64. The third kappa shape index (κ3) is 1.42. The van der Waals surface area contributed by atoms with Gasteiger partial charge in [0.2, 0.25) is 0 Å². The van der Waals surface area contributed by atoms with Crippen molar-refractivity contribution < 1.29 is 0 Å². The lowest BCUT2D eigenvalue weighted by Crippen LogP contribution is -1.77. The highest BCUT2D eigenvalue weighted by Crippen LogP contribution is 2.41. The normalized spacial score (nSPS) is 16.3. The molecule has 2 heterocycles. The zero-order valence-corrected chi connectivity index (χ0v) is 8.70. The van der Waals surface area contributed by atoms with E-state index in [0.717, 1.165) is 5.92 Å². The van der Waals surface area contributed by atoms with E-state index in [-0.39, 0.29) is 0 Å². The van der Waals surface area contributed by atoms with Crippen LogP contribution in [0.1, 0.15) is 24.5 Å². The smallest absolute Gasteiger partial charge is 0.133 e. The Balaban J connectivity index is 1.97. The van der Waals surface area contributed by atoms with Crippen LogP contribution in [0.2, 0.25) is 0 Å². The first kappa shape index (κ1) is 7.71. The number of hydrogen-bond acceptors (Lipinski definition) is 3. The number of rotatable bonds is 2. The lowest BCUT2D eigenvalue weighted by molar-refractivity contribution is 1.05. The molecule has 0 N–H and O–H groups in total. The average Bonchev–Trinajstić information content (AvgIpc) is 2.72. The zero-order chi connectivity index (χ0) is 8.67. The first-order valence-electron chi connectivity index (χ1n) is 4.43. The Labute approximate surface area is 85.1 Å². The average molecular weight is 207 g/mol. The fourth-order valence-electron chi connectivity index (χ4n) is 1.37. The van der Waals surface area contributed by atoms with Crippen molar-refractivity contribution in [3.8, 4) is 9.88 Å². The molecule has 1 aliphatic carbocycles. The van der Waals surface area contributed by atoms with Crippen LogP contribution in [0.15, 0.2) is 22.9 Å². The number of thiazole rings is 1. The zero-order valence-electron chi connectivity index (χ0n) is 7.06. The van der Waals surface area contributed by atoms with E-state index in [1.54, 1.807) is 22.7 Å². The molecule has 0 amide bonds. The summed E-state index contributed by atoms with van der Waals surface area (Å²) >= 11 is 3.54. The van der Waals surface area contributed by atoms with Gasteiger partial charge in [0.15, 0.2) is 0 Å². The van der Waals surface area contributed by atoms with Crippen LogP contribution < -0.4 is 0 Å². The van der Waals surface area contributed by atoms with Crippen molar-refractivity contribution in [3.63, 3.8) is 0 Å². The van der Waals surface area contributed by atoms with E-state index in [1.165, 1.54) is 28.4 Å². The van der Waals surface area contributed by atoms with E-state index in [1.807, 2.05) is 0 Å². The molecule has 0 atom stereocenters. The third-order valence-electron chi connectivity index (χ3n) is 2.25. The van der Waals surface area contributed by atoms with Crippen LogP contribution in [-0.2, 0) is 0 Å². The Bertz CT molecular complexity index is 398. The van der Waals surface area contributed by atoms with Gasteiger partial charge in [-0.2, -0.15) is 0 Å². The SMILES string of the molecule is c1csc(-c2nc(C3CC3)cs2)c1. The molecule has 1 aliphatic rings. The molecule has 66 valence electrons. The molecule has 2 aromatic heterocycles. The standard InChI is InChI=1S/C10H9NS2/c1-2-9(12-5-1)10-11-8(6-13-10)7-3-4-7/h1-2,5-7H,3-4H2. The van der Waals surface area contributed by atoms with Crippen LogP contribution in [0.5, 0.6) is 0 Å². The highest BCUT2D eigenvalue weighted by Gasteiger charge is 2.26. The van der Waals surface area contributed by atoms with Gasteiger partial charge in [-0.3, -0.25) is 0 Å². The number of thiophene rings is 1. The van der Waals surface area contributed by atoms with Gasteiger partial charge in [0, 0.05) is 11.3 Å². The van der Waals surface area contributed by atoms with Gasteiger partial charge in [0.25, 0.3) is 0 Å². The lowest BCUT2D eigenvalue weighted by atomic mass is 10.3. The summed E-state index contributed by atoms with van der Waals surface area (Å²) < 4.78 is 0. The summed E-state index contributed by atoms with van der Waals surface area (Å²) in [6.45, 7) is 0. The van der Waals surface area contributed by atoms with Gasteiger partial charge in [-0.05, 0) is 24.3 Å². The quantitative estimate of drug-likeness (QED) is 0.731. The largest absolute Gasteiger partial charge is 0.240 e. The predicted octanol–water partition coefficient (Wildman–Crippen LogP) is 3.75. The second-order valence-electron chi connectivity index (χ2n) is 3.33. The Morgan fingerprint density at radius 1 is 1.31 bits per heavy atom. The highest BCUT2D eigenvalue weighted by atomic mass is 32.1. The fourth-order valence-corrected chi connectivity index (χ4v) is 3.08. The maximum atomic E-state index is 4.64. The van der Waals surface area contributed by atoms with Gasteiger partial charge < -0.3 is 0 Å². The minimum Gasteiger partial charge on any atom is -0.240 e. The van der Waals surface area contributed by atoms with Crippen molar-refractivity contribution in [2.45, 2.75) is 18.8 Å². The molecular formula is C10H9NS2. The maximum Gasteiger partial charge on any atom is 0.133 e. The van der Waals surface area contributed by atoms with Crippen molar-refractivity contribution in [2.75, 3.05) is 0 Å². The van der Waals surface area contributed by atoms with Crippen molar-refractivity contribution in [3.05, 3.63) is 28.6 Å². The molecule has 13 heavy (non-hydrogen) atoms. The van der Waals surface area contributed by atoms with Crippen molar-refractivity contribution >= 4 is 22.7 Å². The van der Waals surface area contributed by atoms with Crippen LogP contribution in [-0.4, -0.2) is 4.98 Å². The summed E-state index contributed by atoms with van der Waals surface area (Å²) in [5.74, 6) is 0.782. The highest BCUT2D eigenvalue weighted by molar-refractivity contribution is 7.20. The Morgan fingerprint density at radius 2 is 2.23 bits per heavy atom. The molecule has 3 heteroatoms. The lowest BCUT2D eigenvalue weighted by Gasteiger charge is -1.87. The molecule has 0 unspecified atom stereocenters. The summed E-state index contributed by atoms with van der Waals surface area (Å²) in [5.41, 5.74) is 1.31. The van der Waals surface area contributed by atoms with Crippen molar-refractivity contribution in [2.24, 2.45) is 0 Å². The summed E-state index contributed by atoms with van der Waals surface area (Å²) in [7, 11) is 0. The minimum absolute atomic E-state index is 0.782. The van der Waals surface area contributed by atoms with E-state index >= 15 is 0 Å². The molecule has 0 radical (unpaired) electrons. The molecule has 1 saturated carbocycles. The predicted molar refractivity (Wildman–Crippen MR) is 57.4 cm³/mol. The Kier molecular flexibility index (Phi) is 1.73. The molecule has 0 saturated heterocycles. The number of hydrogen-bond donors (Lipinski definition) is 0. The first-order valence-corrected chi connectivity index (χ1v) is 6.19. The number of nitrogens with zero attached hydrogens (tertiary/aromatic N) is 1. The molecule has 0 spiro atoms. The van der Waals surface area contributed by atoms with Crippen LogP contribution >= 0.6 is 22.7 Å². The van der Waals surface area contributed by atoms with Crippen molar-refractivity contribution in [1.29, 1.82) is 0 Å². The molecule has 1 fully saturated rings. The van der Waals surface area contributed by atoms with E-state index in [4.69, 9.17) is 0 Å². The third-order valence-corrected chi connectivity index (χ3v) is 4.15. The molecule has 0 aromatic carbocycles. The van der Waals surface area contributed by atoms with Gasteiger partial charge in [-0.1, -0.05) is 6.07 Å². The summed E-state index contributed by atoms with van der Waals surface area (Å²) in [6.07, 6.45) is 2.68. The van der Waals surface area contributed by atoms with Gasteiger partial charge in [-0.25, -0.2) is 4.98 Å². The van der Waals surface area contributed by atoms with E-state index < -0.39 is 0 Å². The van der Waals surface area contributed by atoms with E-state index in [9.17, 15) is 0 Å². The molecular weight excluding hydrogens is 198 g/mol. The first-order chi connectivity index (χ1) is 6.43. The van der Waals surface area contributed by atoms with E-state index in [0.29, 0.717) is 0 Å². The van der Waals surface area contributed by atoms with Gasteiger partial charge in [0.05, 0.1) is 10.6 Å². The van der Waals surface area contributed by atoms with Gasteiger partial charge in [-0.15, -0.1) is 22.7 Å². The molecule has 2 aromatic rings. The minimum atomic E-state index is 0.782. The number of aromatic nitrogens is 1. The molecule has 1 nitrogen and oxygen atoms in total. The summed E-state index contributed by atoms with van der Waals surface area (Å²) in [5, 5.41) is 5.51. The van der Waals surface area contributed by atoms with Crippen LogP contribution in [0.4, 0.5) is 0 Å². The topological polar surface area (TPSA) is 12.9 Å². The van der Waals surface area contributed by atoms with Crippen LogP contribution in [0.25, 0.3) is 9.88 Å². The molecule has 0 bridgehead atoms. The Hall–Kier alpha value is -0.670. The van der Waals surface area contributed by atoms with Crippen LogP contribution in [0, 0.1) is 0 Å².